The van der Waals surface area contributed by atoms with Gasteiger partial charge in [-0.05, 0) is 59.7 Å². The second-order valence-corrected chi connectivity index (χ2v) is 11.3. The number of carbonyl (C=O) groups is 2. The number of piperazine rings is 1. The Hall–Kier alpha value is -4.31. The van der Waals surface area contributed by atoms with E-state index < -0.39 is 11.7 Å². The molecular weight excluding hydrogens is 585 g/mol. The summed E-state index contributed by atoms with van der Waals surface area (Å²) >= 11 is 0. The molecule has 238 valence electrons. The van der Waals surface area contributed by atoms with E-state index in [1.807, 2.05) is 47.4 Å². The van der Waals surface area contributed by atoms with E-state index in [9.17, 15) is 22.8 Å². The molecule has 2 aliphatic rings. The third kappa shape index (κ3) is 8.05. The first-order valence-corrected chi connectivity index (χ1v) is 15.0. The number of alkyl halides is 3. The minimum absolute atomic E-state index is 0.0118. The van der Waals surface area contributed by atoms with Crippen LogP contribution in [0.2, 0.25) is 0 Å². The molecule has 0 aromatic heterocycles. The topological polar surface area (TPSA) is 77.1 Å². The van der Waals surface area contributed by atoms with Gasteiger partial charge in [0.25, 0.3) is 0 Å². The number of rotatable bonds is 11. The van der Waals surface area contributed by atoms with Crippen molar-refractivity contribution >= 4 is 17.4 Å². The SMILES string of the molecule is COc1ccccc1CC(=O)OCC1=C(c2ccc(CCCOc3ccccc3C(F)(F)F)cc2)C[C@@H]2CN(C(C)=O)C[C@H]1N2. The molecule has 1 amide bonds. The Balaban J connectivity index is 1.26. The van der Waals surface area contributed by atoms with Crippen LogP contribution in [0.25, 0.3) is 5.57 Å². The summed E-state index contributed by atoms with van der Waals surface area (Å²) in [5.41, 5.74) is 4.05. The Bertz CT molecular complexity index is 1540. The highest BCUT2D eigenvalue weighted by Crippen LogP contribution is 2.36. The van der Waals surface area contributed by atoms with Gasteiger partial charge in [0.2, 0.25) is 5.91 Å². The van der Waals surface area contributed by atoms with E-state index in [1.54, 1.807) is 20.1 Å². The molecule has 1 N–H and O–H groups in total. The molecule has 2 bridgehead atoms. The number of esters is 1. The van der Waals surface area contributed by atoms with Crippen LogP contribution in [0, 0.1) is 0 Å². The van der Waals surface area contributed by atoms with Crippen molar-refractivity contribution in [3.05, 3.63) is 101 Å². The maximum absolute atomic E-state index is 13.2. The highest BCUT2D eigenvalue weighted by Gasteiger charge is 2.37. The molecule has 3 aromatic rings. The van der Waals surface area contributed by atoms with E-state index in [0.717, 1.165) is 33.9 Å². The van der Waals surface area contributed by atoms with Crippen molar-refractivity contribution in [2.24, 2.45) is 0 Å². The van der Waals surface area contributed by atoms with E-state index in [4.69, 9.17) is 14.2 Å². The lowest BCUT2D eigenvalue weighted by Gasteiger charge is -2.44. The van der Waals surface area contributed by atoms with Crippen molar-refractivity contribution in [2.75, 3.05) is 33.4 Å². The minimum Gasteiger partial charge on any atom is -0.496 e. The zero-order valence-electron chi connectivity index (χ0n) is 25.4. The van der Waals surface area contributed by atoms with Crippen molar-refractivity contribution in [3.8, 4) is 11.5 Å². The van der Waals surface area contributed by atoms with E-state index in [-0.39, 0.29) is 49.3 Å². The number of ether oxygens (including phenoxy) is 3. The second kappa shape index (κ2) is 14.2. The molecule has 5 rings (SSSR count). The molecule has 2 aliphatic heterocycles. The third-order valence-electron chi connectivity index (χ3n) is 8.26. The fourth-order valence-electron chi connectivity index (χ4n) is 5.99. The van der Waals surface area contributed by atoms with E-state index in [1.165, 1.54) is 18.2 Å². The number of fused-ring (bicyclic) bond motifs is 2. The van der Waals surface area contributed by atoms with E-state index in [0.29, 0.717) is 38.1 Å². The number of amides is 1. The van der Waals surface area contributed by atoms with Crippen molar-refractivity contribution < 1.29 is 37.0 Å². The molecule has 2 atom stereocenters. The summed E-state index contributed by atoms with van der Waals surface area (Å²) in [4.78, 5) is 27.0. The molecule has 2 heterocycles. The number of hydrogen-bond donors (Lipinski definition) is 1. The normalized spacial score (nSPS) is 18.0. The van der Waals surface area contributed by atoms with Gasteiger partial charge in [0.15, 0.2) is 0 Å². The largest absolute Gasteiger partial charge is 0.496 e. The van der Waals surface area contributed by atoms with Gasteiger partial charge >= 0.3 is 12.1 Å². The minimum atomic E-state index is -4.47. The van der Waals surface area contributed by atoms with Crippen LogP contribution in [0.1, 0.15) is 42.0 Å². The number of benzene rings is 3. The van der Waals surface area contributed by atoms with Gasteiger partial charge in [0.05, 0.1) is 31.7 Å². The van der Waals surface area contributed by atoms with Gasteiger partial charge in [0, 0.05) is 31.6 Å². The number of methoxy groups -OCH3 is 1. The van der Waals surface area contributed by atoms with Crippen LogP contribution in [-0.2, 0) is 33.3 Å². The number of hydrogen-bond acceptors (Lipinski definition) is 6. The molecule has 10 heteroatoms. The lowest BCUT2D eigenvalue weighted by Crippen LogP contribution is -2.60. The molecule has 7 nitrogen and oxygen atoms in total. The standard InChI is InChI=1S/C35H37F3N2O5/c1-23(41)40-20-27-19-28(29(31(21-40)39-27)22-45-34(42)18-26-9-3-5-11-32(26)43-2)25-15-13-24(14-16-25)8-7-17-44-33-12-6-4-10-30(33)35(36,37)38/h3-6,9-16,27,31,39H,7-8,17-22H2,1-2H3/t27-,31-/m1/s1. The van der Waals surface area contributed by atoms with Crippen LogP contribution >= 0.6 is 0 Å². The molecule has 1 saturated heterocycles. The van der Waals surface area contributed by atoms with Crippen molar-refractivity contribution in [1.82, 2.24) is 10.2 Å². The predicted octanol–water partition coefficient (Wildman–Crippen LogP) is 5.86. The Morgan fingerprint density at radius 3 is 2.38 bits per heavy atom. The highest BCUT2D eigenvalue weighted by atomic mass is 19.4. The molecule has 0 saturated carbocycles. The van der Waals surface area contributed by atoms with Crippen LogP contribution in [0.4, 0.5) is 13.2 Å². The van der Waals surface area contributed by atoms with Gasteiger partial charge in [-0.3, -0.25) is 9.59 Å². The lowest BCUT2D eigenvalue weighted by molar-refractivity contribution is -0.142. The Kier molecular flexibility index (Phi) is 10.1. The van der Waals surface area contributed by atoms with E-state index in [2.05, 4.69) is 5.32 Å². The summed E-state index contributed by atoms with van der Waals surface area (Å²) in [6.45, 7) is 2.91. The first kappa shape index (κ1) is 32.1. The van der Waals surface area contributed by atoms with E-state index >= 15 is 0 Å². The first-order chi connectivity index (χ1) is 21.6. The summed E-state index contributed by atoms with van der Waals surface area (Å²) in [6.07, 6.45) is -2.53. The van der Waals surface area contributed by atoms with Gasteiger partial charge < -0.3 is 24.4 Å². The number of nitrogens with zero attached hydrogens (tertiary/aromatic N) is 1. The summed E-state index contributed by atoms with van der Waals surface area (Å²) in [7, 11) is 1.56. The first-order valence-electron chi connectivity index (χ1n) is 15.0. The highest BCUT2D eigenvalue weighted by molar-refractivity contribution is 5.77. The van der Waals surface area contributed by atoms with Crippen molar-refractivity contribution in [3.63, 3.8) is 0 Å². The zero-order valence-corrected chi connectivity index (χ0v) is 25.4. The van der Waals surface area contributed by atoms with Crippen molar-refractivity contribution in [1.29, 1.82) is 0 Å². The van der Waals surface area contributed by atoms with Crippen LogP contribution in [0.3, 0.4) is 0 Å². The van der Waals surface area contributed by atoms with Crippen molar-refractivity contribution in [2.45, 2.75) is 50.9 Å². The smallest absolute Gasteiger partial charge is 0.419 e. The average molecular weight is 623 g/mol. The molecule has 0 unspecified atom stereocenters. The fraction of sp³-hybridized carbons (Fsp3) is 0.371. The monoisotopic (exact) mass is 622 g/mol. The molecular formula is C35H37F3N2O5. The fourth-order valence-corrected chi connectivity index (χ4v) is 5.99. The molecule has 0 aliphatic carbocycles. The van der Waals surface area contributed by atoms with Gasteiger partial charge in [0.1, 0.15) is 18.1 Å². The number of nitrogens with one attached hydrogen (secondary N) is 1. The van der Waals surface area contributed by atoms with Crippen LogP contribution < -0.4 is 14.8 Å². The summed E-state index contributed by atoms with van der Waals surface area (Å²) in [5, 5.41) is 3.60. The summed E-state index contributed by atoms with van der Waals surface area (Å²) < 4.78 is 56.4. The van der Waals surface area contributed by atoms with Crippen LogP contribution in [-0.4, -0.2) is 62.3 Å². The summed E-state index contributed by atoms with van der Waals surface area (Å²) in [5.74, 6) is 0.0997. The van der Waals surface area contributed by atoms with Gasteiger partial charge in [-0.15, -0.1) is 0 Å². The predicted molar refractivity (Wildman–Crippen MR) is 164 cm³/mol. The Morgan fingerprint density at radius 1 is 0.956 bits per heavy atom. The molecule has 3 aromatic carbocycles. The molecule has 0 spiro atoms. The zero-order chi connectivity index (χ0) is 32.0. The lowest BCUT2D eigenvalue weighted by atomic mass is 9.83. The molecule has 0 radical (unpaired) electrons. The van der Waals surface area contributed by atoms with Gasteiger partial charge in [-0.2, -0.15) is 13.2 Å². The molecule has 45 heavy (non-hydrogen) atoms. The summed E-state index contributed by atoms with van der Waals surface area (Å²) in [6, 6.07) is 20.6. The quantitative estimate of drug-likeness (QED) is 0.213. The van der Waals surface area contributed by atoms with Crippen LogP contribution in [0.5, 0.6) is 11.5 Å². The number of halogens is 3. The molecule has 1 fully saturated rings. The maximum Gasteiger partial charge on any atom is 0.419 e. The second-order valence-electron chi connectivity index (χ2n) is 11.3. The van der Waals surface area contributed by atoms with Gasteiger partial charge in [-0.25, -0.2) is 0 Å². The Morgan fingerprint density at radius 2 is 1.67 bits per heavy atom. The third-order valence-corrected chi connectivity index (χ3v) is 8.26. The number of carbonyl (C=O) groups excluding carboxylic acids is 2. The number of para-hydroxylation sites is 2. The number of aryl methyl sites for hydroxylation is 1. The van der Waals surface area contributed by atoms with Gasteiger partial charge in [-0.1, -0.05) is 54.6 Å². The van der Waals surface area contributed by atoms with Crippen LogP contribution in [0.15, 0.2) is 78.4 Å². The maximum atomic E-state index is 13.2. The average Bonchev–Trinajstić information content (AvgIpc) is 3.02. The Labute approximate surface area is 261 Å².